The minimum atomic E-state index is -0.497. The molecule has 1 aromatic carbocycles. The summed E-state index contributed by atoms with van der Waals surface area (Å²) in [5.41, 5.74) is 5.33. The summed E-state index contributed by atoms with van der Waals surface area (Å²) in [7, 11) is 0. The lowest BCUT2D eigenvalue weighted by Crippen LogP contribution is -2.43. The Morgan fingerprint density at radius 1 is 1.25 bits per heavy atom. The molecule has 1 aliphatic heterocycles. The molecule has 0 fully saturated rings. The first kappa shape index (κ1) is 14.4. The first-order valence-electron chi connectivity index (χ1n) is 6.24. The second-order valence-electron chi connectivity index (χ2n) is 4.25. The topological polar surface area (TPSA) is 87.3 Å². The van der Waals surface area contributed by atoms with Crippen molar-refractivity contribution in [1.29, 1.82) is 0 Å². The largest absolute Gasteiger partial charge is 0.324 e. The van der Waals surface area contributed by atoms with Gasteiger partial charge in [0, 0.05) is 17.7 Å². The summed E-state index contributed by atoms with van der Waals surface area (Å²) >= 11 is 1.35. The summed E-state index contributed by atoms with van der Waals surface area (Å²) in [5.74, 6) is -0.867. The zero-order valence-electron chi connectivity index (χ0n) is 10.9. The van der Waals surface area contributed by atoms with Gasteiger partial charge in [0.15, 0.2) is 0 Å². The van der Waals surface area contributed by atoms with Crippen molar-refractivity contribution in [2.45, 2.75) is 29.9 Å². The molecule has 6 nitrogen and oxygen atoms in total. The fourth-order valence-corrected chi connectivity index (χ4v) is 2.78. The number of nitrogens with one attached hydrogen (secondary N) is 3. The van der Waals surface area contributed by atoms with E-state index in [9.17, 15) is 14.4 Å². The molecule has 0 radical (unpaired) electrons. The average molecular weight is 293 g/mol. The molecule has 1 aliphatic rings. The Labute approximate surface area is 120 Å². The number of hydrogen-bond donors (Lipinski definition) is 3. The van der Waals surface area contributed by atoms with Gasteiger partial charge in [-0.15, -0.1) is 11.8 Å². The number of anilines is 1. The van der Waals surface area contributed by atoms with Gasteiger partial charge in [0.1, 0.15) is 0 Å². The van der Waals surface area contributed by atoms with Crippen LogP contribution in [0.3, 0.4) is 0 Å². The summed E-state index contributed by atoms with van der Waals surface area (Å²) in [6, 6.07) is 7.43. The van der Waals surface area contributed by atoms with Crippen LogP contribution in [-0.4, -0.2) is 23.0 Å². The van der Waals surface area contributed by atoms with Crippen LogP contribution >= 0.6 is 11.8 Å². The lowest BCUT2D eigenvalue weighted by Gasteiger charge is -2.23. The molecule has 1 atom stereocenters. The number of benzene rings is 1. The van der Waals surface area contributed by atoms with Gasteiger partial charge in [-0.05, 0) is 12.1 Å². The van der Waals surface area contributed by atoms with Crippen molar-refractivity contribution in [2.75, 3.05) is 5.32 Å². The molecule has 0 saturated carbocycles. The van der Waals surface area contributed by atoms with E-state index in [1.54, 1.807) is 6.92 Å². The van der Waals surface area contributed by atoms with Gasteiger partial charge < -0.3 is 5.32 Å². The molecule has 1 heterocycles. The van der Waals surface area contributed by atoms with Gasteiger partial charge in [0.2, 0.25) is 17.7 Å². The van der Waals surface area contributed by atoms with Crippen molar-refractivity contribution in [2.24, 2.45) is 0 Å². The number of para-hydroxylation sites is 1. The third-order valence-electron chi connectivity index (χ3n) is 2.74. The van der Waals surface area contributed by atoms with Crippen molar-refractivity contribution >= 4 is 35.2 Å². The average Bonchev–Trinajstić information content (AvgIpc) is 2.45. The summed E-state index contributed by atoms with van der Waals surface area (Å²) in [4.78, 5) is 35.5. The number of carbonyl (C=O) groups excluding carboxylic acids is 3. The first-order chi connectivity index (χ1) is 9.60. The highest BCUT2D eigenvalue weighted by atomic mass is 32.2. The Bertz CT molecular complexity index is 547. The van der Waals surface area contributed by atoms with Crippen molar-refractivity contribution in [3.05, 3.63) is 24.3 Å². The third-order valence-corrected chi connectivity index (χ3v) is 4.02. The molecule has 1 aromatic rings. The highest BCUT2D eigenvalue weighted by Crippen LogP contribution is 2.36. The van der Waals surface area contributed by atoms with Gasteiger partial charge in [0.05, 0.1) is 10.9 Å². The minimum Gasteiger partial charge on any atom is -0.324 e. The molecule has 1 unspecified atom stereocenters. The van der Waals surface area contributed by atoms with Gasteiger partial charge in [-0.1, -0.05) is 19.1 Å². The van der Waals surface area contributed by atoms with Gasteiger partial charge >= 0.3 is 0 Å². The quantitative estimate of drug-likeness (QED) is 0.727. The molecule has 0 bridgehead atoms. The monoisotopic (exact) mass is 293 g/mol. The fourth-order valence-electron chi connectivity index (χ4n) is 1.67. The molecular formula is C13H15N3O3S. The second kappa shape index (κ2) is 6.42. The highest BCUT2D eigenvalue weighted by Gasteiger charge is 2.28. The molecule has 0 aromatic heterocycles. The predicted octanol–water partition coefficient (Wildman–Crippen LogP) is 1.05. The first-order valence-corrected chi connectivity index (χ1v) is 7.12. The van der Waals surface area contributed by atoms with Crippen LogP contribution in [0.1, 0.15) is 19.8 Å². The summed E-state index contributed by atoms with van der Waals surface area (Å²) in [6.07, 6.45) is 0.293. The molecule has 0 aliphatic carbocycles. The van der Waals surface area contributed by atoms with Crippen molar-refractivity contribution in [3.63, 3.8) is 0 Å². The maximum atomic E-state index is 11.9. The smallest absolute Gasteiger partial charge is 0.240 e. The van der Waals surface area contributed by atoms with Crippen LogP contribution in [0.4, 0.5) is 5.69 Å². The van der Waals surface area contributed by atoms with E-state index in [4.69, 9.17) is 0 Å². The van der Waals surface area contributed by atoms with E-state index >= 15 is 0 Å². The van der Waals surface area contributed by atoms with Crippen molar-refractivity contribution in [3.8, 4) is 0 Å². The van der Waals surface area contributed by atoms with E-state index in [1.165, 1.54) is 11.8 Å². The summed E-state index contributed by atoms with van der Waals surface area (Å²) in [6.45, 7) is 1.68. The van der Waals surface area contributed by atoms with E-state index in [2.05, 4.69) is 16.2 Å². The van der Waals surface area contributed by atoms with Crippen LogP contribution in [0.25, 0.3) is 0 Å². The van der Waals surface area contributed by atoms with Gasteiger partial charge in [0.25, 0.3) is 0 Å². The Hall–Kier alpha value is -2.02. The van der Waals surface area contributed by atoms with Crippen LogP contribution in [-0.2, 0) is 14.4 Å². The van der Waals surface area contributed by atoms with Gasteiger partial charge in [-0.2, -0.15) is 0 Å². The number of amides is 3. The number of rotatable bonds is 3. The lowest BCUT2D eigenvalue weighted by atomic mass is 10.2. The molecule has 0 saturated heterocycles. The maximum Gasteiger partial charge on any atom is 0.240 e. The normalized spacial score (nSPS) is 16.9. The van der Waals surface area contributed by atoms with E-state index in [0.29, 0.717) is 0 Å². The van der Waals surface area contributed by atoms with Gasteiger partial charge in [-0.3, -0.25) is 25.2 Å². The van der Waals surface area contributed by atoms with Crippen LogP contribution in [0.15, 0.2) is 29.2 Å². The van der Waals surface area contributed by atoms with E-state index in [-0.39, 0.29) is 30.6 Å². The highest BCUT2D eigenvalue weighted by molar-refractivity contribution is 8.01. The number of hydrazine groups is 1. The van der Waals surface area contributed by atoms with E-state index < -0.39 is 5.25 Å². The summed E-state index contributed by atoms with van der Waals surface area (Å²) in [5, 5.41) is 2.27. The van der Waals surface area contributed by atoms with Crippen LogP contribution in [0.5, 0.6) is 0 Å². The van der Waals surface area contributed by atoms with Crippen LogP contribution in [0, 0.1) is 0 Å². The standard InChI is InChI=1S/C13H15N3O3S/c1-2-11(17)15-16-12(18)7-10-13(19)14-8-5-3-4-6-9(8)20-10/h3-6,10H,2,7H2,1H3,(H,14,19)(H,15,17)(H,16,18). The zero-order valence-corrected chi connectivity index (χ0v) is 11.8. The van der Waals surface area contributed by atoms with Crippen molar-refractivity contribution < 1.29 is 14.4 Å². The Kier molecular flexibility index (Phi) is 4.62. The number of carbonyl (C=O) groups is 3. The number of thioether (sulfide) groups is 1. The van der Waals surface area contributed by atoms with Gasteiger partial charge in [-0.25, -0.2) is 0 Å². The molecule has 20 heavy (non-hydrogen) atoms. The zero-order chi connectivity index (χ0) is 14.5. The van der Waals surface area contributed by atoms with E-state index in [1.807, 2.05) is 24.3 Å². The Morgan fingerprint density at radius 2 is 1.95 bits per heavy atom. The molecule has 3 N–H and O–H groups in total. The SMILES string of the molecule is CCC(=O)NNC(=O)CC1Sc2ccccc2NC1=O. The molecule has 2 rings (SSSR count). The Morgan fingerprint density at radius 3 is 2.70 bits per heavy atom. The molecule has 106 valence electrons. The lowest BCUT2D eigenvalue weighted by molar-refractivity contribution is -0.129. The Balaban J connectivity index is 1.92. The molecule has 3 amide bonds. The van der Waals surface area contributed by atoms with E-state index in [0.717, 1.165) is 10.6 Å². The third kappa shape index (κ3) is 3.51. The number of fused-ring (bicyclic) bond motifs is 1. The molecule has 7 heteroatoms. The second-order valence-corrected chi connectivity index (χ2v) is 5.49. The number of hydrogen-bond acceptors (Lipinski definition) is 4. The maximum absolute atomic E-state index is 11.9. The van der Waals surface area contributed by atoms with Crippen LogP contribution < -0.4 is 16.2 Å². The minimum absolute atomic E-state index is 0.00876. The summed E-state index contributed by atoms with van der Waals surface area (Å²) < 4.78 is 0. The van der Waals surface area contributed by atoms with Crippen molar-refractivity contribution in [1.82, 2.24) is 10.9 Å². The fraction of sp³-hybridized carbons (Fsp3) is 0.308. The van der Waals surface area contributed by atoms with Crippen LogP contribution in [0.2, 0.25) is 0 Å². The predicted molar refractivity (Wildman–Crippen MR) is 75.9 cm³/mol. The molecule has 0 spiro atoms. The molecular weight excluding hydrogens is 278 g/mol.